The summed E-state index contributed by atoms with van der Waals surface area (Å²) in [4.78, 5) is 12.9. The molecule has 0 spiro atoms. The number of nitrogens with zero attached hydrogens (tertiary/aromatic N) is 3. The Bertz CT molecular complexity index is 1130. The third-order valence-corrected chi connectivity index (χ3v) is 6.69. The van der Waals surface area contributed by atoms with E-state index < -0.39 is 0 Å². The Labute approximate surface area is 187 Å². The summed E-state index contributed by atoms with van der Waals surface area (Å²) >= 11 is 1.50. The van der Waals surface area contributed by atoms with Gasteiger partial charge in [-0.2, -0.15) is 4.98 Å². The smallest absolute Gasteiger partial charge is 0.237 e. The quantitative estimate of drug-likeness (QED) is 0.499. The normalized spacial score (nSPS) is 18.2. The molecule has 31 heavy (non-hydrogen) atoms. The van der Waals surface area contributed by atoms with E-state index in [2.05, 4.69) is 77.5 Å². The number of hydrogen-bond acceptors (Lipinski definition) is 6. The van der Waals surface area contributed by atoms with Crippen molar-refractivity contribution in [3.05, 3.63) is 71.8 Å². The molecule has 6 heteroatoms. The van der Waals surface area contributed by atoms with Crippen LogP contribution >= 0.6 is 11.9 Å². The highest BCUT2D eigenvalue weighted by Crippen LogP contribution is 2.32. The molecule has 1 unspecified atom stereocenters. The summed E-state index contributed by atoms with van der Waals surface area (Å²) < 4.78 is 9.73. The Morgan fingerprint density at radius 3 is 2.74 bits per heavy atom. The average Bonchev–Trinajstić information content (AvgIpc) is 2.77. The van der Waals surface area contributed by atoms with Crippen molar-refractivity contribution >= 4 is 23.6 Å². The molecule has 5 nitrogen and oxygen atoms in total. The Hall–Kier alpha value is -2.99. The van der Waals surface area contributed by atoms with Crippen molar-refractivity contribution in [2.75, 3.05) is 17.8 Å². The summed E-state index contributed by atoms with van der Waals surface area (Å²) in [6.45, 7) is 10.4. The lowest BCUT2D eigenvalue weighted by molar-refractivity contribution is 0.115. The number of rotatable bonds is 1. The molecule has 0 aliphatic carbocycles. The lowest BCUT2D eigenvalue weighted by Crippen LogP contribution is -2.40. The molecule has 1 atom stereocenters. The van der Waals surface area contributed by atoms with Gasteiger partial charge in [0, 0.05) is 28.8 Å². The number of aryl methyl sites for hydroxylation is 2. The first-order valence-corrected chi connectivity index (χ1v) is 11.5. The first-order chi connectivity index (χ1) is 15.1. The van der Waals surface area contributed by atoms with Gasteiger partial charge in [0.2, 0.25) is 11.8 Å². The molecule has 1 N–H and O–H groups in total. The SMILES string of the molecule is C=C1c2cccc(c2)SNc2nc(cc(-c3c(C)cccc3C)n2)OC2CCCN1C2. The number of anilines is 1. The molecule has 0 radical (unpaired) electrons. The van der Waals surface area contributed by atoms with Gasteiger partial charge in [-0.15, -0.1) is 0 Å². The van der Waals surface area contributed by atoms with Crippen LogP contribution in [0.25, 0.3) is 17.0 Å². The van der Waals surface area contributed by atoms with Gasteiger partial charge in [-0.05, 0) is 67.5 Å². The molecule has 5 rings (SSSR count). The average molecular weight is 431 g/mol. The maximum atomic E-state index is 6.41. The van der Waals surface area contributed by atoms with Crippen molar-refractivity contribution in [3.8, 4) is 17.1 Å². The summed E-state index contributed by atoms with van der Waals surface area (Å²) in [5.74, 6) is 1.16. The number of nitrogens with one attached hydrogen (secondary N) is 1. The van der Waals surface area contributed by atoms with Crippen LogP contribution in [0.2, 0.25) is 0 Å². The highest BCUT2D eigenvalue weighted by Gasteiger charge is 2.24. The largest absolute Gasteiger partial charge is 0.472 e. The number of benzene rings is 2. The molecule has 2 aliphatic heterocycles. The maximum absolute atomic E-state index is 6.41. The van der Waals surface area contributed by atoms with Crippen LogP contribution in [-0.4, -0.2) is 34.1 Å². The van der Waals surface area contributed by atoms with Crippen molar-refractivity contribution in [3.63, 3.8) is 0 Å². The van der Waals surface area contributed by atoms with E-state index in [1.807, 2.05) is 6.07 Å². The number of hydrogen-bond donors (Lipinski definition) is 1. The predicted octanol–water partition coefficient (Wildman–Crippen LogP) is 5.71. The van der Waals surface area contributed by atoms with Gasteiger partial charge < -0.3 is 9.64 Å². The van der Waals surface area contributed by atoms with Gasteiger partial charge in [0.05, 0.1) is 12.2 Å². The number of ether oxygens (including phenoxy) is 1. The Kier molecular flexibility index (Phi) is 5.32. The minimum atomic E-state index is 0.0654. The fourth-order valence-corrected chi connectivity index (χ4v) is 4.99. The molecule has 1 saturated heterocycles. The molecule has 158 valence electrons. The molecule has 2 aromatic carbocycles. The summed E-state index contributed by atoms with van der Waals surface area (Å²) in [5, 5.41) is 0. The first kappa shape index (κ1) is 19.9. The Morgan fingerprint density at radius 2 is 1.90 bits per heavy atom. The van der Waals surface area contributed by atoms with Crippen LogP contribution in [0, 0.1) is 13.8 Å². The Balaban J connectivity index is 1.59. The number of piperidine rings is 1. The zero-order valence-corrected chi connectivity index (χ0v) is 18.7. The molecule has 3 heterocycles. The zero-order valence-electron chi connectivity index (χ0n) is 17.9. The third kappa shape index (κ3) is 4.12. The van der Waals surface area contributed by atoms with Crippen LogP contribution in [0.1, 0.15) is 29.5 Å². The fourth-order valence-electron chi connectivity index (χ4n) is 4.35. The van der Waals surface area contributed by atoms with Gasteiger partial charge in [0.15, 0.2) is 0 Å². The molecule has 6 bridgehead atoms. The van der Waals surface area contributed by atoms with E-state index in [0.29, 0.717) is 11.8 Å². The van der Waals surface area contributed by atoms with Gasteiger partial charge in [-0.25, -0.2) is 4.98 Å². The monoisotopic (exact) mass is 430 g/mol. The summed E-state index contributed by atoms with van der Waals surface area (Å²) in [6.07, 6.45) is 2.14. The molecule has 1 fully saturated rings. The summed E-state index contributed by atoms with van der Waals surface area (Å²) in [6, 6.07) is 16.7. The standard InChI is InChI=1S/C25H26N4OS/c1-16-7-4-8-17(2)24(16)22-14-23-27-25(26-22)28-31-21-11-5-9-19(13-21)18(3)29-12-6-10-20(15-29)30-23/h4-5,7-9,11,13-14,20H,3,6,10,12,15H2,1-2H3,(H,26,27,28). The number of fused-ring (bicyclic) bond motifs is 6. The van der Waals surface area contributed by atoms with Crippen LogP contribution in [0.15, 0.2) is 60.0 Å². The van der Waals surface area contributed by atoms with E-state index in [4.69, 9.17) is 9.72 Å². The third-order valence-electron chi connectivity index (χ3n) is 5.91. The van der Waals surface area contributed by atoms with Gasteiger partial charge in [-0.3, -0.25) is 4.72 Å². The van der Waals surface area contributed by atoms with E-state index >= 15 is 0 Å². The van der Waals surface area contributed by atoms with Crippen LogP contribution in [0.3, 0.4) is 0 Å². The zero-order chi connectivity index (χ0) is 21.4. The lowest BCUT2D eigenvalue weighted by atomic mass is 10.00. The highest BCUT2D eigenvalue weighted by atomic mass is 32.2. The van der Waals surface area contributed by atoms with E-state index in [0.717, 1.165) is 53.3 Å². The van der Waals surface area contributed by atoms with E-state index in [1.165, 1.54) is 23.1 Å². The summed E-state index contributed by atoms with van der Waals surface area (Å²) in [7, 11) is 0. The highest BCUT2D eigenvalue weighted by molar-refractivity contribution is 8.00. The van der Waals surface area contributed by atoms with Crippen molar-refractivity contribution in [2.24, 2.45) is 0 Å². The van der Waals surface area contributed by atoms with Gasteiger partial charge in [0.1, 0.15) is 6.10 Å². The Morgan fingerprint density at radius 1 is 1.10 bits per heavy atom. The molecule has 2 aliphatic rings. The van der Waals surface area contributed by atoms with Crippen molar-refractivity contribution in [2.45, 2.75) is 37.7 Å². The van der Waals surface area contributed by atoms with Crippen LogP contribution in [0.5, 0.6) is 5.88 Å². The van der Waals surface area contributed by atoms with Gasteiger partial charge in [0.25, 0.3) is 0 Å². The lowest BCUT2D eigenvalue weighted by Gasteiger charge is -2.35. The van der Waals surface area contributed by atoms with Crippen molar-refractivity contribution in [1.82, 2.24) is 14.9 Å². The van der Waals surface area contributed by atoms with E-state index in [1.54, 1.807) is 0 Å². The van der Waals surface area contributed by atoms with Crippen LogP contribution in [-0.2, 0) is 0 Å². The molecular weight excluding hydrogens is 404 g/mol. The molecule has 0 saturated carbocycles. The second-order valence-corrected chi connectivity index (χ2v) is 9.07. The minimum absolute atomic E-state index is 0.0654. The second kappa shape index (κ2) is 8.27. The van der Waals surface area contributed by atoms with Crippen molar-refractivity contribution < 1.29 is 4.74 Å². The molecule has 1 aromatic heterocycles. The number of aromatic nitrogens is 2. The fraction of sp³-hybridized carbons (Fsp3) is 0.280. The summed E-state index contributed by atoms with van der Waals surface area (Å²) in [5.41, 5.74) is 6.57. The van der Waals surface area contributed by atoms with Crippen molar-refractivity contribution in [1.29, 1.82) is 0 Å². The van der Waals surface area contributed by atoms with Gasteiger partial charge in [-0.1, -0.05) is 36.9 Å². The first-order valence-electron chi connectivity index (χ1n) is 10.7. The van der Waals surface area contributed by atoms with E-state index in [-0.39, 0.29) is 6.10 Å². The topological polar surface area (TPSA) is 50.3 Å². The second-order valence-electron chi connectivity index (χ2n) is 8.19. The van der Waals surface area contributed by atoms with Crippen LogP contribution < -0.4 is 9.46 Å². The van der Waals surface area contributed by atoms with Crippen LogP contribution in [0.4, 0.5) is 5.95 Å². The van der Waals surface area contributed by atoms with E-state index in [9.17, 15) is 0 Å². The predicted molar refractivity (Wildman–Crippen MR) is 127 cm³/mol. The molecule has 3 aromatic rings. The molecule has 0 amide bonds. The molecular formula is C25H26N4OS. The minimum Gasteiger partial charge on any atom is -0.472 e. The maximum Gasteiger partial charge on any atom is 0.237 e. The van der Waals surface area contributed by atoms with Gasteiger partial charge >= 0.3 is 0 Å².